The number of nitrogens with one attached hydrogen (secondary N) is 1. The molecule has 0 unspecified atom stereocenters. The zero-order valence-corrected chi connectivity index (χ0v) is 13.2. The molecule has 7 nitrogen and oxygen atoms in total. The normalized spacial score (nSPS) is 25.0. The van der Waals surface area contributed by atoms with Crippen molar-refractivity contribution in [2.24, 2.45) is 4.99 Å². The van der Waals surface area contributed by atoms with Crippen molar-refractivity contribution in [3.63, 3.8) is 0 Å². The van der Waals surface area contributed by atoms with E-state index in [-0.39, 0.29) is 36.4 Å². The van der Waals surface area contributed by atoms with Gasteiger partial charge in [-0.1, -0.05) is 18.2 Å². The van der Waals surface area contributed by atoms with Crippen LogP contribution in [0.15, 0.2) is 35.3 Å². The highest BCUT2D eigenvalue weighted by atomic mass is 16.5. The van der Waals surface area contributed by atoms with Crippen LogP contribution in [0.1, 0.15) is 13.8 Å². The summed E-state index contributed by atoms with van der Waals surface area (Å²) in [6.45, 7) is 4.86. The van der Waals surface area contributed by atoms with E-state index in [0.717, 1.165) is 0 Å². The maximum atomic E-state index is 12.7. The number of nitrogens with zero attached hydrogens (tertiary/aromatic N) is 3. The summed E-state index contributed by atoms with van der Waals surface area (Å²) in [5, 5.41) is 1.37. The molecule has 2 aliphatic rings. The third-order valence-electron chi connectivity index (χ3n) is 3.76. The molecule has 3 rings (SSSR count). The number of amides is 2. The van der Waals surface area contributed by atoms with Gasteiger partial charge in [-0.2, -0.15) is 0 Å². The summed E-state index contributed by atoms with van der Waals surface area (Å²) in [6.07, 6.45) is -0.0301. The highest BCUT2D eigenvalue weighted by Gasteiger charge is 2.32. The minimum atomic E-state index is -0.208. The van der Waals surface area contributed by atoms with Crippen molar-refractivity contribution in [2.75, 3.05) is 24.6 Å². The van der Waals surface area contributed by atoms with Gasteiger partial charge in [-0.3, -0.25) is 20.0 Å². The molecule has 1 aromatic carbocycles. The zero-order chi connectivity index (χ0) is 16.4. The summed E-state index contributed by atoms with van der Waals surface area (Å²) in [5.41, 5.74) is 3.53. The van der Waals surface area contributed by atoms with Gasteiger partial charge in [-0.05, 0) is 26.0 Å². The lowest BCUT2D eigenvalue weighted by Gasteiger charge is -2.36. The van der Waals surface area contributed by atoms with Gasteiger partial charge in [0.2, 0.25) is 5.84 Å². The summed E-state index contributed by atoms with van der Waals surface area (Å²) < 4.78 is 5.64. The number of aliphatic imine (C=N–C) groups is 1. The topological polar surface area (TPSA) is 74.2 Å². The molecule has 1 aromatic rings. The Morgan fingerprint density at radius 3 is 2.52 bits per heavy atom. The average Bonchev–Trinajstić information content (AvgIpc) is 2.54. The molecule has 0 bridgehead atoms. The molecule has 0 spiro atoms. The molecule has 23 heavy (non-hydrogen) atoms. The minimum absolute atomic E-state index is 0.0150. The first-order valence-electron chi connectivity index (χ1n) is 7.68. The van der Waals surface area contributed by atoms with Crippen LogP contribution < -0.4 is 10.4 Å². The van der Waals surface area contributed by atoms with Gasteiger partial charge in [0.25, 0.3) is 11.8 Å². The van der Waals surface area contributed by atoms with Crippen LogP contribution in [-0.2, 0) is 14.3 Å². The molecule has 0 aromatic heterocycles. The van der Waals surface area contributed by atoms with Gasteiger partial charge in [0.1, 0.15) is 6.54 Å². The van der Waals surface area contributed by atoms with Crippen molar-refractivity contribution in [1.82, 2.24) is 10.3 Å². The van der Waals surface area contributed by atoms with Crippen molar-refractivity contribution in [1.29, 1.82) is 0 Å². The lowest BCUT2D eigenvalue weighted by Crippen LogP contribution is -2.59. The van der Waals surface area contributed by atoms with Crippen LogP contribution in [-0.4, -0.2) is 54.4 Å². The molecule has 1 fully saturated rings. The quantitative estimate of drug-likeness (QED) is 0.866. The van der Waals surface area contributed by atoms with Crippen LogP contribution in [0.3, 0.4) is 0 Å². The van der Waals surface area contributed by atoms with Crippen molar-refractivity contribution in [3.8, 4) is 0 Å². The van der Waals surface area contributed by atoms with Crippen LogP contribution in [0.2, 0.25) is 0 Å². The number of carbonyl (C=O) groups is 2. The first-order valence-corrected chi connectivity index (χ1v) is 7.68. The second-order valence-corrected chi connectivity index (χ2v) is 5.81. The molecule has 1 N–H and O–H groups in total. The molecule has 2 aliphatic heterocycles. The Kier molecular flexibility index (Phi) is 4.29. The number of ether oxygens (including phenoxy) is 1. The highest BCUT2D eigenvalue weighted by molar-refractivity contribution is 6.39. The summed E-state index contributed by atoms with van der Waals surface area (Å²) in [5.74, 6) is -0.216. The van der Waals surface area contributed by atoms with E-state index in [2.05, 4.69) is 10.4 Å². The molecule has 2 atom stereocenters. The maximum absolute atomic E-state index is 12.7. The van der Waals surface area contributed by atoms with Crippen LogP contribution >= 0.6 is 0 Å². The van der Waals surface area contributed by atoms with Gasteiger partial charge in [0.05, 0.1) is 17.9 Å². The van der Waals surface area contributed by atoms with Crippen molar-refractivity contribution in [2.45, 2.75) is 26.1 Å². The number of rotatable bonds is 2. The number of anilines is 1. The van der Waals surface area contributed by atoms with E-state index in [0.29, 0.717) is 18.8 Å². The Morgan fingerprint density at radius 2 is 1.87 bits per heavy atom. The minimum Gasteiger partial charge on any atom is -0.372 e. The van der Waals surface area contributed by atoms with Gasteiger partial charge >= 0.3 is 0 Å². The highest BCUT2D eigenvalue weighted by Crippen LogP contribution is 2.15. The third-order valence-corrected chi connectivity index (χ3v) is 3.76. The summed E-state index contributed by atoms with van der Waals surface area (Å²) in [7, 11) is 0. The molecule has 2 heterocycles. The number of morpholine rings is 1. The fourth-order valence-electron chi connectivity index (χ4n) is 2.82. The smallest absolute Gasteiger partial charge is 0.290 e. The van der Waals surface area contributed by atoms with Gasteiger partial charge in [0, 0.05) is 13.1 Å². The lowest BCUT2D eigenvalue weighted by atomic mass is 10.2. The van der Waals surface area contributed by atoms with E-state index >= 15 is 0 Å². The summed E-state index contributed by atoms with van der Waals surface area (Å²) in [4.78, 5) is 30.5. The Labute approximate surface area is 134 Å². The van der Waals surface area contributed by atoms with Crippen molar-refractivity contribution < 1.29 is 14.3 Å². The molecule has 0 radical (unpaired) electrons. The predicted molar refractivity (Wildman–Crippen MR) is 86.0 cm³/mol. The molecule has 122 valence electrons. The first kappa shape index (κ1) is 15.5. The van der Waals surface area contributed by atoms with Gasteiger partial charge in [-0.25, -0.2) is 5.01 Å². The van der Waals surface area contributed by atoms with Crippen LogP contribution in [0.4, 0.5) is 5.69 Å². The van der Waals surface area contributed by atoms with E-state index in [1.165, 1.54) is 5.01 Å². The van der Waals surface area contributed by atoms with E-state index < -0.39 is 0 Å². The monoisotopic (exact) mass is 316 g/mol. The molecular formula is C16H20N4O3. The van der Waals surface area contributed by atoms with Crippen LogP contribution in [0.25, 0.3) is 0 Å². The van der Waals surface area contributed by atoms with E-state index in [1.807, 2.05) is 32.0 Å². The SMILES string of the molecule is C[C@@H]1CN(C(=O)C2=NCC(=O)N(c3ccccc3)N2)C[C@@H](C)O1. The average molecular weight is 316 g/mol. The second-order valence-electron chi connectivity index (χ2n) is 5.81. The van der Waals surface area contributed by atoms with Crippen molar-refractivity contribution in [3.05, 3.63) is 30.3 Å². The number of hydrazine groups is 1. The fraction of sp³-hybridized carbons (Fsp3) is 0.438. The Balaban J connectivity index is 1.75. The molecule has 2 amide bonds. The largest absolute Gasteiger partial charge is 0.372 e. The molecule has 7 heteroatoms. The third kappa shape index (κ3) is 3.34. The van der Waals surface area contributed by atoms with Crippen LogP contribution in [0, 0.1) is 0 Å². The second kappa shape index (κ2) is 6.37. The van der Waals surface area contributed by atoms with Gasteiger partial charge in [0.15, 0.2) is 0 Å². The molecular weight excluding hydrogens is 296 g/mol. The Morgan fingerprint density at radius 1 is 1.22 bits per heavy atom. The first-order chi connectivity index (χ1) is 11.0. The molecule has 0 saturated carbocycles. The molecule has 0 aliphatic carbocycles. The fourth-order valence-corrected chi connectivity index (χ4v) is 2.82. The summed E-state index contributed by atoms with van der Waals surface area (Å²) in [6, 6.07) is 9.15. The number of benzene rings is 1. The Hall–Kier alpha value is -2.41. The predicted octanol–water partition coefficient (Wildman–Crippen LogP) is 0.572. The van der Waals surface area contributed by atoms with E-state index in [9.17, 15) is 9.59 Å². The zero-order valence-electron chi connectivity index (χ0n) is 13.2. The van der Waals surface area contributed by atoms with Crippen molar-refractivity contribution >= 4 is 23.3 Å². The number of hydrogen-bond acceptors (Lipinski definition) is 5. The Bertz CT molecular complexity index is 621. The van der Waals surface area contributed by atoms with Gasteiger partial charge < -0.3 is 9.64 Å². The number of para-hydroxylation sites is 1. The summed E-state index contributed by atoms with van der Waals surface area (Å²) >= 11 is 0. The lowest BCUT2D eigenvalue weighted by molar-refractivity contribution is -0.136. The number of hydrogen-bond donors (Lipinski definition) is 1. The standard InChI is InChI=1S/C16H20N4O3/c1-11-9-19(10-12(2)23-11)16(22)15-17-8-14(21)20(18-15)13-6-4-3-5-7-13/h3-7,11-12H,8-10H2,1-2H3,(H,17,18)/t11-,12-/m1/s1. The van der Waals surface area contributed by atoms with E-state index in [1.54, 1.807) is 17.0 Å². The maximum Gasteiger partial charge on any atom is 0.290 e. The van der Waals surface area contributed by atoms with E-state index in [4.69, 9.17) is 4.74 Å². The number of amidine groups is 1. The van der Waals surface area contributed by atoms with Gasteiger partial charge in [-0.15, -0.1) is 0 Å². The molecule has 1 saturated heterocycles. The van der Waals surface area contributed by atoms with Crippen LogP contribution in [0.5, 0.6) is 0 Å². The number of carbonyl (C=O) groups excluding carboxylic acids is 2.